The van der Waals surface area contributed by atoms with Crippen LogP contribution >= 0.6 is 0 Å². The third kappa shape index (κ3) is 4.63. The Bertz CT molecular complexity index is 2310. The van der Waals surface area contributed by atoms with E-state index in [2.05, 4.69) is 185 Å². The van der Waals surface area contributed by atoms with Gasteiger partial charge in [0.25, 0.3) is 0 Å². The summed E-state index contributed by atoms with van der Waals surface area (Å²) in [5.41, 5.74) is 12.7. The molecule has 0 unspecified atom stereocenters. The van der Waals surface area contributed by atoms with Crippen LogP contribution in [0, 0.1) is 0 Å². The molecule has 0 saturated carbocycles. The van der Waals surface area contributed by atoms with Crippen LogP contribution in [0.5, 0.6) is 0 Å². The number of nitrogens with zero attached hydrogens (tertiary/aromatic N) is 1. The summed E-state index contributed by atoms with van der Waals surface area (Å²) in [5, 5.41) is 1.21. The molecule has 7 aromatic rings. The van der Waals surface area contributed by atoms with E-state index in [0.29, 0.717) is 0 Å². The number of benzene rings is 6. The Morgan fingerprint density at radius 3 is 1.62 bits per heavy atom. The van der Waals surface area contributed by atoms with E-state index in [-0.39, 0.29) is 18.3 Å². The molecule has 2 heterocycles. The van der Waals surface area contributed by atoms with Crippen molar-refractivity contribution >= 4 is 23.5 Å². The lowest BCUT2D eigenvalue weighted by molar-refractivity contribution is 0.00578. The fraction of sp³-hybridized carbons (Fsp3) is 0.152. The number of hydrogen-bond donors (Lipinski definition) is 0. The van der Waals surface area contributed by atoms with Crippen molar-refractivity contribution in [2.75, 3.05) is 0 Å². The summed E-state index contributed by atoms with van der Waals surface area (Å²) in [6.07, 6.45) is 0. The molecule has 6 aromatic carbocycles. The minimum Gasteiger partial charge on any atom is -0.399 e. The molecule has 1 aliphatic heterocycles. The van der Waals surface area contributed by atoms with Crippen molar-refractivity contribution in [2.24, 2.45) is 0 Å². The zero-order valence-electron chi connectivity index (χ0n) is 28.9. The predicted molar refractivity (Wildman–Crippen MR) is 206 cm³/mol. The summed E-state index contributed by atoms with van der Waals surface area (Å²) in [7, 11) is -0.368. The van der Waals surface area contributed by atoms with E-state index in [1.807, 2.05) is 0 Å². The van der Waals surface area contributed by atoms with Crippen molar-refractivity contribution in [1.29, 1.82) is 0 Å². The van der Waals surface area contributed by atoms with Crippen LogP contribution in [0.4, 0.5) is 0 Å². The van der Waals surface area contributed by atoms with Gasteiger partial charge < -0.3 is 9.31 Å². The van der Waals surface area contributed by atoms with Crippen LogP contribution in [0.1, 0.15) is 49.9 Å². The molecular weight excluding hydrogens is 609 g/mol. The first-order valence-corrected chi connectivity index (χ1v) is 17.5. The third-order valence-corrected chi connectivity index (χ3v) is 11.2. The maximum atomic E-state index is 6.27. The van der Waals surface area contributed by atoms with Crippen molar-refractivity contribution in [1.82, 2.24) is 4.98 Å². The molecule has 3 nitrogen and oxygen atoms in total. The maximum Gasteiger partial charge on any atom is 0.494 e. The van der Waals surface area contributed by atoms with Gasteiger partial charge in [0.2, 0.25) is 0 Å². The molecule has 1 aliphatic carbocycles. The fourth-order valence-electron chi connectivity index (χ4n) is 7.96. The fourth-order valence-corrected chi connectivity index (χ4v) is 7.96. The van der Waals surface area contributed by atoms with Gasteiger partial charge in [-0.05, 0) is 89.8 Å². The van der Waals surface area contributed by atoms with Crippen LogP contribution in [-0.4, -0.2) is 23.3 Å². The van der Waals surface area contributed by atoms with Crippen molar-refractivity contribution in [3.05, 3.63) is 180 Å². The highest BCUT2D eigenvalue weighted by atomic mass is 16.7. The van der Waals surface area contributed by atoms with Gasteiger partial charge in [-0.15, -0.1) is 0 Å². The lowest BCUT2D eigenvalue weighted by Crippen LogP contribution is -2.41. The summed E-state index contributed by atoms with van der Waals surface area (Å²) < 4.78 is 12.5. The highest BCUT2D eigenvalue weighted by Gasteiger charge is 2.51. The lowest BCUT2D eigenvalue weighted by Gasteiger charge is -2.42. The average Bonchev–Trinajstić information content (AvgIpc) is 3.38. The van der Waals surface area contributed by atoms with E-state index in [9.17, 15) is 0 Å². The van der Waals surface area contributed by atoms with Gasteiger partial charge in [-0.25, -0.2) is 4.98 Å². The largest absolute Gasteiger partial charge is 0.494 e. The minimum atomic E-state index is -0.478. The van der Waals surface area contributed by atoms with Crippen molar-refractivity contribution in [2.45, 2.75) is 44.3 Å². The van der Waals surface area contributed by atoms with E-state index in [0.717, 1.165) is 33.4 Å². The first kappa shape index (κ1) is 30.7. The number of fused-ring (bicyclic) bond motifs is 2. The van der Waals surface area contributed by atoms with E-state index in [4.69, 9.17) is 14.3 Å². The van der Waals surface area contributed by atoms with Gasteiger partial charge in [0.1, 0.15) is 0 Å². The molecule has 242 valence electrons. The Hall–Kier alpha value is -5.29. The number of aromatic nitrogens is 1. The standard InChI is InChI=1S/C46H38BNO2/c1-44(2)45(3,4)50-47(49-44)36-28-26-32(27-29-36)31-22-24-33(25-23-31)42-30-38-37-18-11-12-19-39(37)46(34-14-7-5-8-15-34,35-16-9-6-10-17-35)40-20-13-21-41(48-42)43(38)40/h5-30H,1-4H3. The van der Waals surface area contributed by atoms with Gasteiger partial charge in [0.15, 0.2) is 0 Å². The van der Waals surface area contributed by atoms with Crippen LogP contribution < -0.4 is 5.46 Å². The van der Waals surface area contributed by atoms with Crippen molar-refractivity contribution < 1.29 is 9.31 Å². The topological polar surface area (TPSA) is 31.4 Å². The van der Waals surface area contributed by atoms with Gasteiger partial charge in [0.05, 0.1) is 27.8 Å². The Kier molecular flexibility index (Phi) is 7.00. The summed E-state index contributed by atoms with van der Waals surface area (Å²) >= 11 is 0. The monoisotopic (exact) mass is 647 g/mol. The molecular formula is C46H38BNO2. The molecule has 0 amide bonds. The predicted octanol–water partition coefficient (Wildman–Crippen LogP) is 10.2. The average molecular weight is 648 g/mol. The normalized spacial score (nSPS) is 16.7. The van der Waals surface area contributed by atoms with Gasteiger partial charge >= 0.3 is 7.12 Å². The zero-order valence-corrected chi connectivity index (χ0v) is 28.9. The second-order valence-electron chi connectivity index (χ2n) is 14.6. The third-order valence-electron chi connectivity index (χ3n) is 11.2. The number of hydrogen-bond acceptors (Lipinski definition) is 3. The van der Waals surface area contributed by atoms with Gasteiger partial charge in [-0.1, -0.05) is 146 Å². The van der Waals surface area contributed by atoms with Gasteiger partial charge in [0, 0.05) is 10.9 Å². The molecule has 1 saturated heterocycles. The van der Waals surface area contributed by atoms with Crippen LogP contribution in [0.3, 0.4) is 0 Å². The highest BCUT2D eigenvalue weighted by Crippen LogP contribution is 2.55. The molecule has 0 atom stereocenters. The summed E-state index contributed by atoms with van der Waals surface area (Å²) in [6, 6.07) is 57.0. The summed E-state index contributed by atoms with van der Waals surface area (Å²) in [4.78, 5) is 5.33. The van der Waals surface area contributed by atoms with Crippen LogP contribution in [-0.2, 0) is 14.7 Å². The van der Waals surface area contributed by atoms with E-state index in [1.54, 1.807) is 0 Å². The molecule has 50 heavy (non-hydrogen) atoms. The Balaban J connectivity index is 1.13. The SMILES string of the molecule is CC1(C)OB(c2ccc(-c3ccc(-c4cc5c6c(cccc6n4)C(c4ccccc4)(c4ccccc4)c4ccccc4-5)cc3)cc2)OC1(C)C. The molecule has 0 bridgehead atoms. The van der Waals surface area contributed by atoms with Crippen molar-refractivity contribution in [3.63, 3.8) is 0 Å². The first-order chi connectivity index (χ1) is 24.3. The van der Waals surface area contributed by atoms with Crippen LogP contribution in [0.15, 0.2) is 158 Å². The number of rotatable bonds is 5. The maximum absolute atomic E-state index is 6.27. The second-order valence-corrected chi connectivity index (χ2v) is 14.6. The van der Waals surface area contributed by atoms with Crippen LogP contribution in [0.2, 0.25) is 0 Å². The molecule has 2 aliphatic rings. The molecule has 1 fully saturated rings. The Morgan fingerprint density at radius 2 is 1.00 bits per heavy atom. The first-order valence-electron chi connectivity index (χ1n) is 17.5. The van der Waals surface area contributed by atoms with Crippen molar-refractivity contribution in [3.8, 4) is 33.5 Å². The lowest BCUT2D eigenvalue weighted by atomic mass is 9.60. The molecule has 9 rings (SSSR count). The summed E-state index contributed by atoms with van der Waals surface area (Å²) in [5.74, 6) is 0. The smallest absolute Gasteiger partial charge is 0.399 e. The highest BCUT2D eigenvalue weighted by molar-refractivity contribution is 6.62. The molecule has 4 heteroatoms. The molecule has 0 radical (unpaired) electrons. The van der Waals surface area contributed by atoms with E-state index in [1.165, 1.54) is 38.8 Å². The number of pyridine rings is 1. The second kappa shape index (κ2) is 11.4. The molecule has 0 N–H and O–H groups in total. The van der Waals surface area contributed by atoms with E-state index < -0.39 is 5.41 Å². The van der Waals surface area contributed by atoms with Gasteiger partial charge in [-0.3, -0.25) is 0 Å². The minimum absolute atomic E-state index is 0.363. The molecule has 0 spiro atoms. The van der Waals surface area contributed by atoms with E-state index >= 15 is 0 Å². The Labute approximate surface area is 294 Å². The summed E-state index contributed by atoms with van der Waals surface area (Å²) in [6.45, 7) is 8.34. The zero-order chi connectivity index (χ0) is 34.1. The Morgan fingerprint density at radius 1 is 0.480 bits per heavy atom. The quantitative estimate of drug-likeness (QED) is 0.174. The van der Waals surface area contributed by atoms with Crippen LogP contribution in [0.25, 0.3) is 44.4 Å². The van der Waals surface area contributed by atoms with Gasteiger partial charge in [-0.2, -0.15) is 0 Å². The molecule has 1 aromatic heterocycles.